The first-order valence-corrected chi connectivity index (χ1v) is 13.1. The molecule has 1 fully saturated rings. The minimum Gasteiger partial charge on any atom is -0.444 e. The molecule has 1 saturated heterocycles. The molecule has 206 valence electrons. The van der Waals surface area contributed by atoms with Gasteiger partial charge < -0.3 is 25.6 Å². The average molecular weight is 526 g/mol. The molecule has 10 nitrogen and oxygen atoms in total. The summed E-state index contributed by atoms with van der Waals surface area (Å²) in [7, 11) is 0. The summed E-state index contributed by atoms with van der Waals surface area (Å²) in [6, 6.07) is 6.87. The van der Waals surface area contributed by atoms with Gasteiger partial charge in [-0.3, -0.25) is 19.4 Å². The summed E-state index contributed by atoms with van der Waals surface area (Å²) >= 11 is 0. The maximum atomic E-state index is 13.3. The zero-order valence-electron chi connectivity index (χ0n) is 23.0. The number of pyridine rings is 1. The van der Waals surface area contributed by atoms with Gasteiger partial charge in [0.15, 0.2) is 0 Å². The van der Waals surface area contributed by atoms with Crippen LogP contribution in [0.25, 0.3) is 10.9 Å². The second kappa shape index (κ2) is 12.2. The lowest BCUT2D eigenvalue weighted by Crippen LogP contribution is -2.55. The Balaban J connectivity index is 1.65. The Morgan fingerprint density at radius 1 is 1.08 bits per heavy atom. The molecular formula is C28H39N5O5. The van der Waals surface area contributed by atoms with Crippen molar-refractivity contribution in [2.75, 3.05) is 11.9 Å². The number of hydrogen-bond donors (Lipinski definition) is 3. The Bertz CT molecular complexity index is 1170. The minimum absolute atomic E-state index is 0.113. The lowest BCUT2D eigenvalue weighted by molar-refractivity contribution is -0.140. The first-order chi connectivity index (χ1) is 17.9. The standard InChI is InChI=1S/C28H39N5O5/c1-17(2)16-21(32-27(37)38-28(4,5)6)24(34)30-18(3)26(36)33-15-9-13-22(33)25(35)31-20-12-7-10-19-11-8-14-29-23(19)20/h7-8,10-12,14,17-18,21-22H,9,13,15-16H2,1-6H3,(H,30,34)(H,31,35)(H,32,37)/t18-,21-,22-/m0/s1. The molecule has 38 heavy (non-hydrogen) atoms. The van der Waals surface area contributed by atoms with Gasteiger partial charge >= 0.3 is 6.09 Å². The summed E-state index contributed by atoms with van der Waals surface area (Å²) in [4.78, 5) is 57.8. The minimum atomic E-state index is -0.884. The molecule has 10 heteroatoms. The molecule has 1 aliphatic rings. The molecule has 1 aromatic carbocycles. The number of carbonyl (C=O) groups excluding carboxylic acids is 4. The quantitative estimate of drug-likeness (QED) is 0.483. The van der Waals surface area contributed by atoms with Gasteiger partial charge in [0.2, 0.25) is 17.7 Å². The van der Waals surface area contributed by atoms with E-state index >= 15 is 0 Å². The third kappa shape index (κ3) is 7.66. The van der Waals surface area contributed by atoms with Gasteiger partial charge in [-0.05, 0) is 65.0 Å². The van der Waals surface area contributed by atoms with Gasteiger partial charge in [0.1, 0.15) is 23.7 Å². The summed E-state index contributed by atoms with van der Waals surface area (Å²) in [6.07, 6.45) is 2.54. The van der Waals surface area contributed by atoms with Gasteiger partial charge in [0.05, 0.1) is 11.2 Å². The molecular weight excluding hydrogens is 486 g/mol. The SMILES string of the molecule is CC(C)C[C@H](NC(=O)OC(C)(C)C)C(=O)N[C@@H](C)C(=O)N1CCC[C@H]1C(=O)Nc1cccc2cccnc12. The van der Waals surface area contributed by atoms with Gasteiger partial charge in [0.25, 0.3) is 0 Å². The van der Waals surface area contributed by atoms with Gasteiger partial charge in [-0.15, -0.1) is 0 Å². The van der Waals surface area contributed by atoms with Crippen LogP contribution in [-0.2, 0) is 19.1 Å². The number of fused-ring (bicyclic) bond motifs is 1. The van der Waals surface area contributed by atoms with Crippen LogP contribution >= 0.6 is 0 Å². The van der Waals surface area contributed by atoms with Crippen molar-refractivity contribution < 1.29 is 23.9 Å². The lowest BCUT2D eigenvalue weighted by atomic mass is 10.0. The van der Waals surface area contributed by atoms with Crippen molar-refractivity contribution in [3.05, 3.63) is 36.5 Å². The first-order valence-electron chi connectivity index (χ1n) is 13.1. The molecule has 0 aliphatic carbocycles. The van der Waals surface area contributed by atoms with Crippen LogP contribution in [0.1, 0.15) is 60.8 Å². The summed E-state index contributed by atoms with van der Waals surface area (Å²) < 4.78 is 5.30. The van der Waals surface area contributed by atoms with Gasteiger partial charge in [-0.2, -0.15) is 0 Å². The number of carbonyl (C=O) groups is 4. The molecule has 0 saturated carbocycles. The highest BCUT2D eigenvalue weighted by Crippen LogP contribution is 2.24. The van der Waals surface area contributed by atoms with Crippen LogP contribution in [0.3, 0.4) is 0 Å². The Labute approximate surface area is 223 Å². The van der Waals surface area contributed by atoms with Crippen molar-refractivity contribution >= 4 is 40.4 Å². The van der Waals surface area contributed by atoms with Crippen molar-refractivity contribution in [2.45, 2.75) is 84.5 Å². The number of ether oxygens (including phenoxy) is 1. The molecule has 1 aliphatic heterocycles. The highest BCUT2D eigenvalue weighted by atomic mass is 16.6. The topological polar surface area (TPSA) is 130 Å². The normalized spacial score (nSPS) is 17.1. The molecule has 3 N–H and O–H groups in total. The Kier molecular flexibility index (Phi) is 9.30. The summed E-state index contributed by atoms with van der Waals surface area (Å²) in [5.74, 6) is -1.02. The average Bonchev–Trinajstić information content (AvgIpc) is 3.32. The summed E-state index contributed by atoms with van der Waals surface area (Å²) in [6.45, 7) is 11.1. The van der Waals surface area contributed by atoms with Gasteiger partial charge in [-0.25, -0.2) is 4.79 Å². The van der Waals surface area contributed by atoms with E-state index in [1.807, 2.05) is 38.1 Å². The Morgan fingerprint density at radius 3 is 2.47 bits per heavy atom. The third-order valence-corrected chi connectivity index (χ3v) is 6.17. The van der Waals surface area contributed by atoms with Crippen LogP contribution in [0.15, 0.2) is 36.5 Å². The zero-order chi connectivity index (χ0) is 28.0. The monoisotopic (exact) mass is 525 g/mol. The zero-order valence-corrected chi connectivity index (χ0v) is 23.0. The number of aromatic nitrogens is 1. The largest absolute Gasteiger partial charge is 0.444 e. The molecule has 3 atom stereocenters. The third-order valence-electron chi connectivity index (χ3n) is 6.17. The molecule has 2 heterocycles. The number of nitrogens with zero attached hydrogens (tertiary/aromatic N) is 2. The smallest absolute Gasteiger partial charge is 0.408 e. The van der Waals surface area contributed by atoms with E-state index in [1.54, 1.807) is 40.0 Å². The van der Waals surface area contributed by atoms with E-state index in [2.05, 4.69) is 20.9 Å². The number of anilines is 1. The maximum absolute atomic E-state index is 13.3. The predicted octanol–water partition coefficient (Wildman–Crippen LogP) is 3.61. The van der Waals surface area contributed by atoms with Crippen molar-refractivity contribution in [3.8, 4) is 0 Å². The number of likely N-dealkylation sites (tertiary alicyclic amines) is 1. The van der Waals surface area contributed by atoms with E-state index in [1.165, 1.54) is 4.90 Å². The van der Waals surface area contributed by atoms with Crippen molar-refractivity contribution in [2.24, 2.45) is 5.92 Å². The van der Waals surface area contributed by atoms with Crippen LogP contribution in [-0.4, -0.2) is 64.0 Å². The second-order valence-electron chi connectivity index (χ2n) is 11.1. The Hall–Kier alpha value is -3.69. The summed E-state index contributed by atoms with van der Waals surface area (Å²) in [5.41, 5.74) is 0.548. The first kappa shape index (κ1) is 28.9. The summed E-state index contributed by atoms with van der Waals surface area (Å²) in [5, 5.41) is 9.17. The van der Waals surface area contributed by atoms with Crippen molar-refractivity contribution in [3.63, 3.8) is 0 Å². The molecule has 4 amide bonds. The number of rotatable bonds is 8. The molecule has 1 aromatic heterocycles. The molecule has 3 rings (SSSR count). The number of para-hydroxylation sites is 1. The second-order valence-corrected chi connectivity index (χ2v) is 11.1. The number of hydrogen-bond acceptors (Lipinski definition) is 6. The number of benzene rings is 1. The van der Waals surface area contributed by atoms with E-state index in [9.17, 15) is 19.2 Å². The fourth-order valence-electron chi connectivity index (χ4n) is 4.50. The highest BCUT2D eigenvalue weighted by molar-refractivity contribution is 6.04. The van der Waals surface area contributed by atoms with Crippen LogP contribution in [0.5, 0.6) is 0 Å². The lowest BCUT2D eigenvalue weighted by Gasteiger charge is -2.29. The van der Waals surface area contributed by atoms with E-state index < -0.39 is 35.7 Å². The van der Waals surface area contributed by atoms with E-state index in [4.69, 9.17) is 4.74 Å². The van der Waals surface area contributed by atoms with E-state index in [0.717, 1.165) is 5.39 Å². The number of amides is 4. The van der Waals surface area contributed by atoms with Crippen molar-refractivity contribution in [1.29, 1.82) is 0 Å². The maximum Gasteiger partial charge on any atom is 0.408 e. The van der Waals surface area contributed by atoms with Crippen LogP contribution in [0.2, 0.25) is 0 Å². The van der Waals surface area contributed by atoms with Crippen LogP contribution < -0.4 is 16.0 Å². The van der Waals surface area contributed by atoms with Gasteiger partial charge in [-0.1, -0.05) is 32.0 Å². The molecule has 0 bridgehead atoms. The van der Waals surface area contributed by atoms with E-state index in [-0.39, 0.29) is 17.7 Å². The van der Waals surface area contributed by atoms with Crippen LogP contribution in [0.4, 0.5) is 10.5 Å². The molecule has 0 unspecified atom stereocenters. The number of alkyl carbamates (subject to hydrolysis) is 1. The Morgan fingerprint density at radius 2 is 1.79 bits per heavy atom. The van der Waals surface area contributed by atoms with Crippen molar-refractivity contribution in [1.82, 2.24) is 20.5 Å². The van der Waals surface area contributed by atoms with E-state index in [0.29, 0.717) is 37.0 Å². The highest BCUT2D eigenvalue weighted by Gasteiger charge is 2.37. The van der Waals surface area contributed by atoms with Gasteiger partial charge in [0, 0.05) is 18.1 Å². The fraction of sp³-hybridized carbons (Fsp3) is 0.536. The molecule has 0 radical (unpaired) electrons. The predicted molar refractivity (Wildman–Crippen MR) is 145 cm³/mol. The molecule has 0 spiro atoms. The molecule has 2 aromatic rings. The van der Waals surface area contributed by atoms with Crippen LogP contribution in [0, 0.1) is 5.92 Å². The number of nitrogens with one attached hydrogen (secondary N) is 3. The fourth-order valence-corrected chi connectivity index (χ4v) is 4.50.